The fourth-order valence-corrected chi connectivity index (χ4v) is 1.83. The van der Waals surface area contributed by atoms with Gasteiger partial charge in [-0.05, 0) is 24.3 Å². The lowest BCUT2D eigenvalue weighted by atomic mass is 10.1. The minimum Gasteiger partial charge on any atom is -0.456 e. The van der Waals surface area contributed by atoms with Gasteiger partial charge in [-0.3, -0.25) is 5.41 Å². The topological polar surface area (TPSA) is 79.3 Å². The third-order valence-corrected chi connectivity index (χ3v) is 2.83. The van der Waals surface area contributed by atoms with Crippen LogP contribution in [0.4, 0.5) is 0 Å². The van der Waals surface area contributed by atoms with Crippen molar-refractivity contribution in [3.05, 3.63) is 58.6 Å². The van der Waals surface area contributed by atoms with Gasteiger partial charge in [0.2, 0.25) is 0 Å². The lowest BCUT2D eigenvalue weighted by Gasteiger charge is -2.13. The Morgan fingerprint density at radius 2 is 1.95 bits per heavy atom. The number of rotatable bonds is 4. The van der Waals surface area contributed by atoms with E-state index in [1.54, 1.807) is 36.4 Å². The van der Waals surface area contributed by atoms with E-state index in [2.05, 4.69) is 0 Å². The Labute approximate surface area is 115 Å². The average Bonchev–Trinajstić information content (AvgIpc) is 2.41. The number of amidine groups is 1. The molecular formula is C14H13ClN2O2. The van der Waals surface area contributed by atoms with Crippen molar-refractivity contribution in [1.82, 2.24) is 0 Å². The zero-order chi connectivity index (χ0) is 13.8. The van der Waals surface area contributed by atoms with E-state index in [0.29, 0.717) is 27.6 Å². The number of ether oxygens (including phenoxy) is 1. The van der Waals surface area contributed by atoms with Gasteiger partial charge in [0.15, 0.2) is 0 Å². The summed E-state index contributed by atoms with van der Waals surface area (Å²) in [5, 5.41) is 17.3. The van der Waals surface area contributed by atoms with Crippen LogP contribution in [0.5, 0.6) is 11.5 Å². The average molecular weight is 277 g/mol. The Balaban J connectivity index is 2.41. The maximum Gasteiger partial charge on any atom is 0.138 e. The predicted octanol–water partition coefficient (Wildman–Crippen LogP) is 2.91. The van der Waals surface area contributed by atoms with Crippen LogP contribution in [0, 0.1) is 5.41 Å². The number of aliphatic hydroxyl groups excluding tert-OH is 1. The van der Waals surface area contributed by atoms with E-state index in [1.807, 2.05) is 6.07 Å². The third kappa shape index (κ3) is 3.05. The standard InChI is InChI=1S/C14H13ClN2O2/c15-10-5-6-13(11(7-10)14(16)17)19-12-4-2-1-3-9(12)8-18/h1-7,18H,8H2,(H3,16,17). The first-order chi connectivity index (χ1) is 9.11. The Hall–Kier alpha value is -2.04. The molecule has 2 aromatic rings. The lowest BCUT2D eigenvalue weighted by Crippen LogP contribution is -2.12. The van der Waals surface area contributed by atoms with E-state index < -0.39 is 0 Å². The van der Waals surface area contributed by atoms with Crippen molar-refractivity contribution in [3.8, 4) is 11.5 Å². The summed E-state index contributed by atoms with van der Waals surface area (Å²) >= 11 is 5.87. The number of benzene rings is 2. The normalized spacial score (nSPS) is 10.2. The Morgan fingerprint density at radius 3 is 2.63 bits per heavy atom. The van der Waals surface area contributed by atoms with Crippen molar-refractivity contribution in [1.29, 1.82) is 5.41 Å². The highest BCUT2D eigenvalue weighted by Gasteiger charge is 2.10. The quantitative estimate of drug-likeness (QED) is 0.593. The molecule has 0 amide bonds. The van der Waals surface area contributed by atoms with E-state index in [1.165, 1.54) is 0 Å². The first-order valence-electron chi connectivity index (χ1n) is 5.62. The summed E-state index contributed by atoms with van der Waals surface area (Å²) in [4.78, 5) is 0. The molecule has 2 rings (SSSR count). The van der Waals surface area contributed by atoms with Gasteiger partial charge in [-0.15, -0.1) is 0 Å². The van der Waals surface area contributed by atoms with Crippen LogP contribution in [0.2, 0.25) is 5.02 Å². The van der Waals surface area contributed by atoms with E-state index in [0.717, 1.165) is 0 Å². The SMILES string of the molecule is N=C(N)c1cc(Cl)ccc1Oc1ccccc1CO. The van der Waals surface area contributed by atoms with Crippen molar-refractivity contribution >= 4 is 17.4 Å². The van der Waals surface area contributed by atoms with E-state index in [9.17, 15) is 5.11 Å². The molecule has 0 radical (unpaired) electrons. The molecule has 0 saturated carbocycles. The van der Waals surface area contributed by atoms with Gasteiger partial charge in [-0.25, -0.2) is 0 Å². The highest BCUT2D eigenvalue weighted by Crippen LogP contribution is 2.29. The van der Waals surface area contributed by atoms with Gasteiger partial charge in [-0.2, -0.15) is 0 Å². The van der Waals surface area contributed by atoms with Crippen LogP contribution in [0.3, 0.4) is 0 Å². The first kappa shape index (κ1) is 13.4. The number of aliphatic hydroxyl groups is 1. The molecule has 0 atom stereocenters. The highest BCUT2D eigenvalue weighted by molar-refractivity contribution is 6.31. The molecule has 0 bridgehead atoms. The molecule has 2 aromatic carbocycles. The molecule has 5 heteroatoms. The zero-order valence-corrected chi connectivity index (χ0v) is 10.8. The predicted molar refractivity (Wildman–Crippen MR) is 74.9 cm³/mol. The highest BCUT2D eigenvalue weighted by atomic mass is 35.5. The van der Waals surface area contributed by atoms with Gasteiger partial charge in [-0.1, -0.05) is 29.8 Å². The summed E-state index contributed by atoms with van der Waals surface area (Å²) < 4.78 is 5.71. The summed E-state index contributed by atoms with van der Waals surface area (Å²) in [6.07, 6.45) is 0. The van der Waals surface area contributed by atoms with E-state index in [-0.39, 0.29) is 12.4 Å². The third-order valence-electron chi connectivity index (χ3n) is 2.59. The van der Waals surface area contributed by atoms with Crippen molar-refractivity contribution in [3.63, 3.8) is 0 Å². The summed E-state index contributed by atoms with van der Waals surface area (Å²) in [5.41, 5.74) is 6.58. The van der Waals surface area contributed by atoms with Crippen LogP contribution in [-0.2, 0) is 6.61 Å². The fourth-order valence-electron chi connectivity index (χ4n) is 1.65. The maximum absolute atomic E-state index is 9.25. The van der Waals surface area contributed by atoms with Gasteiger partial charge < -0.3 is 15.6 Å². The number of hydrogen-bond acceptors (Lipinski definition) is 3. The monoisotopic (exact) mass is 276 g/mol. The second-order valence-electron chi connectivity index (χ2n) is 3.92. The van der Waals surface area contributed by atoms with Crippen LogP contribution >= 0.6 is 11.6 Å². The Kier molecular flexibility index (Phi) is 4.04. The summed E-state index contributed by atoms with van der Waals surface area (Å²) in [6, 6.07) is 12.0. The minimum absolute atomic E-state index is 0.126. The Morgan fingerprint density at radius 1 is 1.21 bits per heavy atom. The number of halogens is 1. The summed E-state index contributed by atoms with van der Waals surface area (Å²) in [7, 11) is 0. The fraction of sp³-hybridized carbons (Fsp3) is 0.0714. The number of hydrogen-bond donors (Lipinski definition) is 3. The number of nitrogens with one attached hydrogen (secondary N) is 1. The summed E-state index contributed by atoms with van der Waals surface area (Å²) in [6.45, 7) is -0.126. The zero-order valence-electron chi connectivity index (χ0n) is 10.1. The molecule has 0 heterocycles. The molecule has 0 unspecified atom stereocenters. The summed E-state index contributed by atoms with van der Waals surface area (Å²) in [5.74, 6) is 0.826. The molecule has 98 valence electrons. The largest absolute Gasteiger partial charge is 0.456 e. The second-order valence-corrected chi connectivity index (χ2v) is 4.36. The molecule has 19 heavy (non-hydrogen) atoms. The lowest BCUT2D eigenvalue weighted by molar-refractivity contribution is 0.276. The molecule has 0 aliphatic carbocycles. The van der Waals surface area contributed by atoms with Crippen molar-refractivity contribution in [2.75, 3.05) is 0 Å². The van der Waals surface area contributed by atoms with Gasteiger partial charge >= 0.3 is 0 Å². The van der Waals surface area contributed by atoms with Crippen LogP contribution in [0.15, 0.2) is 42.5 Å². The van der Waals surface area contributed by atoms with Crippen LogP contribution in [-0.4, -0.2) is 10.9 Å². The molecule has 4 nitrogen and oxygen atoms in total. The Bertz CT molecular complexity index is 614. The smallest absolute Gasteiger partial charge is 0.138 e. The van der Waals surface area contributed by atoms with Gasteiger partial charge in [0, 0.05) is 10.6 Å². The number of nitrogens with two attached hydrogens (primary N) is 1. The van der Waals surface area contributed by atoms with E-state index >= 15 is 0 Å². The van der Waals surface area contributed by atoms with Gasteiger partial charge in [0.05, 0.1) is 12.2 Å². The molecule has 0 spiro atoms. The van der Waals surface area contributed by atoms with Gasteiger partial charge in [0.25, 0.3) is 0 Å². The first-order valence-corrected chi connectivity index (χ1v) is 6.00. The minimum atomic E-state index is -0.126. The number of para-hydroxylation sites is 1. The maximum atomic E-state index is 9.25. The number of nitrogen functional groups attached to an aromatic ring is 1. The molecule has 0 aliphatic heterocycles. The van der Waals surface area contributed by atoms with Crippen LogP contribution in [0.1, 0.15) is 11.1 Å². The molecule has 0 saturated heterocycles. The van der Waals surface area contributed by atoms with Crippen molar-refractivity contribution in [2.45, 2.75) is 6.61 Å². The molecule has 0 aliphatic rings. The molecule has 0 aromatic heterocycles. The van der Waals surface area contributed by atoms with E-state index in [4.69, 9.17) is 27.5 Å². The second kappa shape index (κ2) is 5.73. The molecule has 4 N–H and O–H groups in total. The van der Waals surface area contributed by atoms with Crippen LogP contribution < -0.4 is 10.5 Å². The molecular weight excluding hydrogens is 264 g/mol. The van der Waals surface area contributed by atoms with Gasteiger partial charge in [0.1, 0.15) is 17.3 Å². The molecule has 0 fully saturated rings. The van der Waals surface area contributed by atoms with Crippen molar-refractivity contribution < 1.29 is 9.84 Å². The van der Waals surface area contributed by atoms with Crippen molar-refractivity contribution in [2.24, 2.45) is 5.73 Å². The van der Waals surface area contributed by atoms with Crippen LogP contribution in [0.25, 0.3) is 0 Å².